The maximum Gasteiger partial charge on any atom is 0.416 e. The summed E-state index contributed by atoms with van der Waals surface area (Å²) < 4.78 is 52.4. The van der Waals surface area contributed by atoms with E-state index in [2.05, 4.69) is 21.2 Å². The first-order valence-corrected chi connectivity index (χ1v) is 12.8. The zero-order valence-corrected chi connectivity index (χ0v) is 22.1. The molecule has 1 aliphatic carbocycles. The number of hydrogen-bond acceptors (Lipinski definition) is 3. The monoisotopic (exact) mass is 597 g/mol. The van der Waals surface area contributed by atoms with Gasteiger partial charge in [-0.1, -0.05) is 41.4 Å². The summed E-state index contributed by atoms with van der Waals surface area (Å²) in [5.74, 6) is 1.02. The van der Waals surface area contributed by atoms with E-state index in [1.165, 1.54) is 12.1 Å². The highest BCUT2D eigenvalue weighted by Crippen LogP contribution is 2.52. The highest BCUT2D eigenvalue weighted by molar-refractivity contribution is 9.10. The first-order chi connectivity index (χ1) is 17.2. The highest BCUT2D eigenvalue weighted by atomic mass is 79.9. The zero-order valence-electron chi connectivity index (χ0n) is 19.0. The fourth-order valence-corrected chi connectivity index (χ4v) is 5.99. The molecule has 1 aliphatic heterocycles. The Kier molecular flexibility index (Phi) is 6.92. The van der Waals surface area contributed by atoms with E-state index < -0.39 is 11.7 Å². The van der Waals surface area contributed by atoms with E-state index in [0.29, 0.717) is 37.3 Å². The van der Waals surface area contributed by atoms with Crippen molar-refractivity contribution in [3.8, 4) is 11.5 Å². The van der Waals surface area contributed by atoms with Gasteiger partial charge in [0.15, 0.2) is 11.5 Å². The minimum atomic E-state index is -4.38. The Morgan fingerprint density at radius 2 is 1.89 bits per heavy atom. The second kappa shape index (κ2) is 9.84. The lowest BCUT2D eigenvalue weighted by Gasteiger charge is -2.38. The average Bonchev–Trinajstić information content (AvgIpc) is 3.33. The molecule has 0 spiro atoms. The number of hydrogen-bond donors (Lipinski definition) is 1. The maximum absolute atomic E-state index is 13.3. The van der Waals surface area contributed by atoms with Gasteiger partial charge in [-0.15, -0.1) is 0 Å². The molecule has 0 saturated carbocycles. The van der Waals surface area contributed by atoms with Crippen LogP contribution >= 0.6 is 39.1 Å². The predicted octanol–water partition coefficient (Wildman–Crippen LogP) is 9.19. The molecule has 0 radical (unpaired) electrons. The van der Waals surface area contributed by atoms with Gasteiger partial charge in [-0.25, -0.2) is 0 Å². The van der Waals surface area contributed by atoms with E-state index >= 15 is 0 Å². The minimum Gasteiger partial charge on any atom is -0.493 e. The van der Waals surface area contributed by atoms with Crippen molar-refractivity contribution in [3.63, 3.8) is 0 Å². The number of benzene rings is 3. The maximum atomic E-state index is 13.3. The van der Waals surface area contributed by atoms with Crippen LogP contribution in [-0.2, 0) is 12.8 Å². The molecule has 2 unspecified atom stereocenters. The smallest absolute Gasteiger partial charge is 0.416 e. The topological polar surface area (TPSA) is 30.5 Å². The van der Waals surface area contributed by atoms with Crippen LogP contribution in [0.4, 0.5) is 18.9 Å². The Hall–Kier alpha value is -2.35. The molecule has 0 bridgehead atoms. The molecule has 0 fully saturated rings. The van der Waals surface area contributed by atoms with E-state index in [-0.39, 0.29) is 24.5 Å². The molecule has 2 aliphatic rings. The molecule has 0 saturated heterocycles. The normalized spacial score (nSPS) is 20.5. The molecule has 3 aromatic carbocycles. The summed E-state index contributed by atoms with van der Waals surface area (Å²) >= 11 is 15.9. The molecule has 1 N–H and O–H groups in total. The summed E-state index contributed by atoms with van der Waals surface area (Å²) in [5.41, 5.74) is 2.47. The van der Waals surface area contributed by atoms with Gasteiger partial charge in [-0.2, -0.15) is 13.2 Å². The zero-order chi connectivity index (χ0) is 25.6. The first kappa shape index (κ1) is 25.3. The van der Waals surface area contributed by atoms with Gasteiger partial charge in [0.05, 0.1) is 23.2 Å². The van der Waals surface area contributed by atoms with Crippen LogP contribution in [-0.4, -0.2) is 7.11 Å². The Morgan fingerprint density at radius 1 is 1.08 bits per heavy atom. The van der Waals surface area contributed by atoms with Crippen LogP contribution in [0, 0.1) is 5.92 Å². The minimum absolute atomic E-state index is 0.0669. The molecule has 0 aromatic heterocycles. The van der Waals surface area contributed by atoms with Crippen molar-refractivity contribution in [1.82, 2.24) is 0 Å². The number of allylic oxidation sites excluding steroid dienone is 2. The van der Waals surface area contributed by atoms with Crippen LogP contribution in [0.5, 0.6) is 11.5 Å². The van der Waals surface area contributed by atoms with E-state index in [0.717, 1.165) is 23.6 Å². The number of anilines is 1. The van der Waals surface area contributed by atoms with Crippen molar-refractivity contribution in [2.75, 3.05) is 12.4 Å². The fourth-order valence-electron chi connectivity index (χ4n) is 4.95. The molecule has 1 heterocycles. The Labute approximate surface area is 225 Å². The third-order valence-electron chi connectivity index (χ3n) is 6.69. The lowest BCUT2D eigenvalue weighted by molar-refractivity contribution is -0.137. The van der Waals surface area contributed by atoms with Crippen LogP contribution in [0.3, 0.4) is 0 Å². The van der Waals surface area contributed by atoms with Crippen molar-refractivity contribution >= 4 is 44.8 Å². The molecule has 3 nitrogen and oxygen atoms in total. The summed E-state index contributed by atoms with van der Waals surface area (Å²) in [5, 5.41) is 4.53. The third-order valence-corrected chi connectivity index (χ3v) is 7.86. The third kappa shape index (κ3) is 4.81. The molecular formula is C27H21BrCl2F3NO2. The lowest BCUT2D eigenvalue weighted by Crippen LogP contribution is -2.29. The number of nitrogens with one attached hydrogen (secondary N) is 1. The Balaban J connectivity index is 1.45. The summed E-state index contributed by atoms with van der Waals surface area (Å²) in [4.78, 5) is 0. The van der Waals surface area contributed by atoms with E-state index in [4.69, 9.17) is 32.7 Å². The number of rotatable bonds is 5. The summed E-state index contributed by atoms with van der Waals surface area (Å²) in [6, 6.07) is 12.9. The summed E-state index contributed by atoms with van der Waals surface area (Å²) in [7, 11) is 1.57. The number of alkyl halides is 3. The first-order valence-electron chi connectivity index (χ1n) is 11.2. The van der Waals surface area contributed by atoms with Crippen molar-refractivity contribution in [1.29, 1.82) is 0 Å². The molecule has 5 rings (SSSR count). The highest BCUT2D eigenvalue weighted by Gasteiger charge is 2.40. The molecule has 3 atom stereocenters. The number of halogens is 6. The van der Waals surface area contributed by atoms with Crippen LogP contribution in [0.15, 0.2) is 65.2 Å². The van der Waals surface area contributed by atoms with Crippen molar-refractivity contribution in [2.45, 2.75) is 31.2 Å². The lowest BCUT2D eigenvalue weighted by atomic mass is 9.76. The van der Waals surface area contributed by atoms with Gasteiger partial charge < -0.3 is 14.8 Å². The number of methoxy groups -OCH3 is 1. The summed E-state index contributed by atoms with van der Waals surface area (Å²) in [6.45, 7) is 0.218. The molecular weight excluding hydrogens is 578 g/mol. The molecule has 3 aromatic rings. The van der Waals surface area contributed by atoms with Gasteiger partial charge in [0.2, 0.25) is 0 Å². The quantitative estimate of drug-likeness (QED) is 0.297. The van der Waals surface area contributed by atoms with Gasteiger partial charge in [0.25, 0.3) is 0 Å². The standard InChI is InChI=1S/C27H21BrCl2F3NO2/c1-35-24-10-15(9-21(28)26(24)36-13-14-5-7-17(29)12-22(14)30)25-19-4-2-3-18(19)20-11-16(27(31,32)33)6-8-23(20)34-25/h2-3,5-12,18-19,25,34H,4,13H2,1H3/t18?,19?,25-/m1/s1. The fraction of sp³-hybridized carbons (Fsp3) is 0.259. The molecule has 188 valence electrons. The Morgan fingerprint density at radius 3 is 2.61 bits per heavy atom. The number of fused-ring (bicyclic) bond motifs is 3. The van der Waals surface area contributed by atoms with E-state index in [9.17, 15) is 13.2 Å². The van der Waals surface area contributed by atoms with Crippen molar-refractivity contribution in [3.05, 3.63) is 97.5 Å². The molecule has 36 heavy (non-hydrogen) atoms. The van der Waals surface area contributed by atoms with E-state index in [1.54, 1.807) is 25.3 Å². The second-order valence-corrected chi connectivity index (χ2v) is 10.5. The van der Waals surface area contributed by atoms with E-state index in [1.807, 2.05) is 24.3 Å². The Bertz CT molecular complexity index is 1350. The summed E-state index contributed by atoms with van der Waals surface area (Å²) in [6.07, 6.45) is 0.426. The van der Waals surface area contributed by atoms with Gasteiger partial charge in [-0.05, 0) is 81.9 Å². The largest absolute Gasteiger partial charge is 0.493 e. The van der Waals surface area contributed by atoms with Crippen molar-refractivity contribution < 1.29 is 22.6 Å². The SMILES string of the molecule is COc1cc([C@H]2Nc3ccc(C(F)(F)F)cc3C3C=CCC32)cc(Br)c1OCc1ccc(Cl)cc1Cl. The molecule has 0 amide bonds. The predicted molar refractivity (Wildman–Crippen MR) is 139 cm³/mol. The van der Waals surface area contributed by atoms with Gasteiger partial charge in [0, 0.05) is 27.2 Å². The molecule has 9 heteroatoms. The van der Waals surface area contributed by atoms with Crippen LogP contribution in [0.25, 0.3) is 0 Å². The van der Waals surface area contributed by atoms with Crippen LogP contribution in [0.2, 0.25) is 10.0 Å². The van der Waals surface area contributed by atoms with Crippen LogP contribution in [0.1, 0.15) is 40.6 Å². The van der Waals surface area contributed by atoms with Gasteiger partial charge in [-0.3, -0.25) is 0 Å². The average molecular weight is 599 g/mol. The second-order valence-electron chi connectivity index (χ2n) is 8.83. The van der Waals surface area contributed by atoms with Crippen molar-refractivity contribution in [2.24, 2.45) is 5.92 Å². The van der Waals surface area contributed by atoms with Gasteiger partial charge >= 0.3 is 6.18 Å². The number of ether oxygens (including phenoxy) is 2. The van der Waals surface area contributed by atoms with Crippen LogP contribution < -0.4 is 14.8 Å². The van der Waals surface area contributed by atoms with Gasteiger partial charge in [0.1, 0.15) is 6.61 Å².